The zero-order chi connectivity index (χ0) is 6.81. The average molecular weight is 167 g/mol. The Kier molecular flexibility index (Phi) is 1.69. The van der Waals surface area contributed by atoms with Crippen molar-refractivity contribution >= 4 is 23.5 Å². The highest BCUT2D eigenvalue weighted by Crippen LogP contribution is 2.35. The van der Waals surface area contributed by atoms with Gasteiger partial charge in [-0.3, -0.25) is 0 Å². The first-order valence-corrected chi connectivity index (χ1v) is 4.66. The monoisotopic (exact) mass is 167 g/mol. The van der Waals surface area contributed by atoms with Crippen LogP contribution < -0.4 is 0 Å². The lowest BCUT2D eigenvalue weighted by atomic mass is 10.5. The van der Waals surface area contributed by atoms with Gasteiger partial charge in [0.15, 0.2) is 0 Å². The van der Waals surface area contributed by atoms with E-state index in [4.69, 9.17) is 0 Å². The molecule has 50 valence electrons. The van der Waals surface area contributed by atoms with Crippen LogP contribution in [0.1, 0.15) is 0 Å². The Morgan fingerprint density at radius 1 is 1.20 bits per heavy atom. The van der Waals surface area contributed by atoms with Crippen LogP contribution in [-0.4, -0.2) is 4.98 Å². The third-order valence-corrected chi connectivity index (χ3v) is 3.14. The summed E-state index contributed by atoms with van der Waals surface area (Å²) in [6.45, 7) is 0. The summed E-state index contributed by atoms with van der Waals surface area (Å²) >= 11 is 3.40. The number of hydrogen-bond acceptors (Lipinski definition) is 3. The molecule has 0 radical (unpaired) electrons. The molecule has 0 spiro atoms. The summed E-state index contributed by atoms with van der Waals surface area (Å²) < 4.78 is 0. The van der Waals surface area contributed by atoms with Crippen LogP contribution in [0.2, 0.25) is 0 Å². The van der Waals surface area contributed by atoms with Crippen LogP contribution in [0.5, 0.6) is 0 Å². The highest BCUT2D eigenvalue weighted by molar-refractivity contribution is 8.08. The fourth-order valence-corrected chi connectivity index (χ4v) is 2.37. The highest BCUT2D eigenvalue weighted by atomic mass is 32.2. The Morgan fingerprint density at radius 3 is 3.00 bits per heavy atom. The Morgan fingerprint density at radius 2 is 2.10 bits per heavy atom. The van der Waals surface area contributed by atoms with Crippen molar-refractivity contribution < 1.29 is 0 Å². The van der Waals surface area contributed by atoms with Gasteiger partial charge in [0.05, 0.1) is 0 Å². The number of aromatic nitrogens is 1. The van der Waals surface area contributed by atoms with Crippen molar-refractivity contribution in [3.05, 3.63) is 29.1 Å². The Hall–Kier alpha value is -0.410. The van der Waals surface area contributed by atoms with Gasteiger partial charge in [-0.15, -0.1) is 0 Å². The molecule has 0 atom stereocenters. The standard InChI is InChI=1S/C7H5NS2/c1-2-6-7(8-3-1)10-5-4-9-6/h1-5H. The molecule has 0 saturated carbocycles. The summed E-state index contributed by atoms with van der Waals surface area (Å²) in [5.74, 6) is 0. The van der Waals surface area contributed by atoms with Gasteiger partial charge in [0.25, 0.3) is 0 Å². The van der Waals surface area contributed by atoms with E-state index >= 15 is 0 Å². The molecule has 0 aromatic carbocycles. The summed E-state index contributed by atoms with van der Waals surface area (Å²) in [7, 11) is 0. The number of hydrogen-bond donors (Lipinski definition) is 0. The van der Waals surface area contributed by atoms with Gasteiger partial charge in [-0.05, 0) is 22.9 Å². The molecule has 0 aliphatic carbocycles. The van der Waals surface area contributed by atoms with E-state index < -0.39 is 0 Å². The van der Waals surface area contributed by atoms with E-state index in [1.165, 1.54) is 4.90 Å². The maximum atomic E-state index is 4.21. The lowest BCUT2D eigenvalue weighted by molar-refractivity contribution is 1.04. The Labute approximate surface area is 67.9 Å². The predicted octanol–water partition coefficient (Wildman–Crippen LogP) is 2.75. The number of rotatable bonds is 0. The zero-order valence-electron chi connectivity index (χ0n) is 5.15. The molecule has 0 unspecified atom stereocenters. The van der Waals surface area contributed by atoms with Gasteiger partial charge in [-0.25, -0.2) is 4.98 Å². The SMILES string of the molecule is C1=CSc2ncccc2S1. The van der Waals surface area contributed by atoms with Crippen LogP contribution >= 0.6 is 23.5 Å². The lowest BCUT2D eigenvalue weighted by Crippen LogP contribution is -1.82. The van der Waals surface area contributed by atoms with E-state index in [2.05, 4.69) is 21.9 Å². The molecule has 0 fully saturated rings. The molecule has 1 nitrogen and oxygen atoms in total. The highest BCUT2D eigenvalue weighted by Gasteiger charge is 2.04. The molecule has 0 bridgehead atoms. The molecule has 1 aromatic rings. The van der Waals surface area contributed by atoms with E-state index in [1.807, 2.05) is 12.3 Å². The first-order chi connectivity index (χ1) is 4.97. The maximum absolute atomic E-state index is 4.21. The minimum atomic E-state index is 1.12. The van der Waals surface area contributed by atoms with Crippen molar-refractivity contribution in [2.45, 2.75) is 9.92 Å². The molecular formula is C7H5NS2. The van der Waals surface area contributed by atoms with Gasteiger partial charge in [0, 0.05) is 11.1 Å². The molecule has 1 aromatic heterocycles. The third kappa shape index (κ3) is 1.07. The molecule has 10 heavy (non-hydrogen) atoms. The smallest absolute Gasteiger partial charge is 0.114 e. The Bertz CT molecular complexity index is 243. The molecule has 0 N–H and O–H groups in total. The second-order valence-corrected chi connectivity index (χ2v) is 3.66. The fourth-order valence-electron chi connectivity index (χ4n) is 0.748. The first kappa shape index (κ1) is 6.31. The maximum Gasteiger partial charge on any atom is 0.114 e. The van der Waals surface area contributed by atoms with Crippen molar-refractivity contribution in [2.75, 3.05) is 0 Å². The second kappa shape index (κ2) is 2.68. The van der Waals surface area contributed by atoms with E-state index in [0.29, 0.717) is 0 Å². The van der Waals surface area contributed by atoms with Crippen molar-refractivity contribution in [1.29, 1.82) is 0 Å². The summed E-state index contributed by atoms with van der Waals surface area (Å²) in [6, 6.07) is 4.05. The van der Waals surface area contributed by atoms with Crippen molar-refractivity contribution in [2.24, 2.45) is 0 Å². The van der Waals surface area contributed by atoms with Crippen LogP contribution in [0, 0.1) is 0 Å². The van der Waals surface area contributed by atoms with Gasteiger partial charge in [-0.1, -0.05) is 23.5 Å². The fraction of sp³-hybridized carbons (Fsp3) is 0. The van der Waals surface area contributed by atoms with Gasteiger partial charge < -0.3 is 0 Å². The van der Waals surface area contributed by atoms with Gasteiger partial charge >= 0.3 is 0 Å². The summed E-state index contributed by atoms with van der Waals surface area (Å²) in [5.41, 5.74) is 0. The average Bonchev–Trinajstić information content (AvgIpc) is 2.05. The molecular weight excluding hydrogens is 162 g/mol. The van der Waals surface area contributed by atoms with Crippen LogP contribution in [-0.2, 0) is 0 Å². The minimum absolute atomic E-state index is 1.12. The van der Waals surface area contributed by atoms with E-state index in [0.717, 1.165) is 5.03 Å². The third-order valence-electron chi connectivity index (χ3n) is 1.17. The van der Waals surface area contributed by atoms with Crippen molar-refractivity contribution in [3.63, 3.8) is 0 Å². The molecule has 2 rings (SSSR count). The summed E-state index contributed by atoms with van der Waals surface area (Å²) in [4.78, 5) is 5.47. The normalized spacial score (nSPS) is 14.8. The zero-order valence-corrected chi connectivity index (χ0v) is 6.78. The molecule has 1 aliphatic rings. The van der Waals surface area contributed by atoms with E-state index in [9.17, 15) is 0 Å². The van der Waals surface area contributed by atoms with Crippen LogP contribution in [0.4, 0.5) is 0 Å². The largest absolute Gasteiger partial charge is 0.248 e. The van der Waals surface area contributed by atoms with Crippen molar-refractivity contribution in [1.82, 2.24) is 4.98 Å². The van der Waals surface area contributed by atoms with Crippen molar-refractivity contribution in [3.8, 4) is 0 Å². The number of fused-ring (bicyclic) bond motifs is 1. The molecule has 3 heteroatoms. The van der Waals surface area contributed by atoms with Gasteiger partial charge in [0.2, 0.25) is 0 Å². The summed E-state index contributed by atoms with van der Waals surface area (Å²) in [5, 5.41) is 5.25. The topological polar surface area (TPSA) is 12.9 Å². The number of pyridine rings is 1. The first-order valence-electron chi connectivity index (χ1n) is 2.90. The summed E-state index contributed by atoms with van der Waals surface area (Å²) in [6.07, 6.45) is 1.82. The van der Waals surface area contributed by atoms with Crippen LogP contribution in [0.25, 0.3) is 0 Å². The second-order valence-electron chi connectivity index (χ2n) is 1.81. The number of nitrogens with zero attached hydrogens (tertiary/aromatic N) is 1. The van der Waals surface area contributed by atoms with E-state index in [-0.39, 0.29) is 0 Å². The quantitative estimate of drug-likeness (QED) is 0.589. The predicted molar refractivity (Wildman–Crippen MR) is 45.1 cm³/mol. The lowest BCUT2D eigenvalue weighted by Gasteiger charge is -2.05. The van der Waals surface area contributed by atoms with E-state index in [1.54, 1.807) is 23.5 Å². The van der Waals surface area contributed by atoms with Crippen LogP contribution in [0.15, 0.2) is 39.1 Å². The molecule has 0 saturated heterocycles. The van der Waals surface area contributed by atoms with Gasteiger partial charge in [-0.2, -0.15) is 0 Å². The minimum Gasteiger partial charge on any atom is -0.248 e. The molecule has 0 amide bonds. The molecule has 1 aliphatic heterocycles. The Balaban J connectivity index is 2.47. The van der Waals surface area contributed by atoms with Gasteiger partial charge in [0.1, 0.15) is 5.03 Å². The molecule has 2 heterocycles. The number of thioether (sulfide) groups is 2. The van der Waals surface area contributed by atoms with Crippen LogP contribution in [0.3, 0.4) is 0 Å².